The number of anilines is 1. The Bertz CT molecular complexity index is 313. The predicted molar refractivity (Wildman–Crippen MR) is 68.1 cm³/mol. The molecule has 1 aromatic rings. The molecule has 1 rings (SSSR count). The van der Waals surface area contributed by atoms with Gasteiger partial charge >= 0.3 is 0 Å². The number of benzene rings is 1. The Balaban J connectivity index is 2.56. The van der Waals surface area contributed by atoms with E-state index >= 15 is 0 Å². The summed E-state index contributed by atoms with van der Waals surface area (Å²) < 4.78 is 15.7. The van der Waals surface area contributed by atoms with Crippen molar-refractivity contribution in [3.05, 3.63) is 29.8 Å². The molecule has 0 amide bonds. The van der Waals surface area contributed by atoms with E-state index in [1.54, 1.807) is 14.2 Å². The quantitative estimate of drug-likeness (QED) is 0.706. The highest BCUT2D eigenvalue weighted by atomic mass is 16.7. The molecule has 0 aliphatic carbocycles. The maximum Gasteiger partial charge on any atom is 0.173 e. The van der Waals surface area contributed by atoms with E-state index in [-0.39, 0.29) is 6.29 Å². The fourth-order valence-corrected chi connectivity index (χ4v) is 1.49. The zero-order chi connectivity index (χ0) is 12.5. The minimum Gasteiger partial charge on any atom is -0.380 e. The van der Waals surface area contributed by atoms with Crippen LogP contribution >= 0.6 is 0 Å². The smallest absolute Gasteiger partial charge is 0.173 e. The van der Waals surface area contributed by atoms with Crippen LogP contribution in [0.25, 0.3) is 0 Å². The van der Waals surface area contributed by atoms with Crippen LogP contribution in [0.2, 0.25) is 0 Å². The summed E-state index contributed by atoms with van der Waals surface area (Å²) in [7, 11) is 3.25. The Labute approximate surface area is 103 Å². The van der Waals surface area contributed by atoms with Gasteiger partial charge in [0.2, 0.25) is 0 Å². The molecule has 0 unspecified atom stereocenters. The number of hydrogen-bond acceptors (Lipinski definition) is 4. The fraction of sp³-hybridized carbons (Fsp3) is 0.538. The van der Waals surface area contributed by atoms with Crippen molar-refractivity contribution in [3.8, 4) is 0 Å². The maximum absolute atomic E-state index is 5.42. The molecular formula is C13H21NO3. The molecule has 0 saturated carbocycles. The van der Waals surface area contributed by atoms with Crippen molar-refractivity contribution in [2.45, 2.75) is 19.8 Å². The van der Waals surface area contributed by atoms with Crippen molar-refractivity contribution in [1.82, 2.24) is 0 Å². The third kappa shape index (κ3) is 4.73. The van der Waals surface area contributed by atoms with E-state index < -0.39 is 0 Å². The van der Waals surface area contributed by atoms with Gasteiger partial charge in [0.25, 0.3) is 0 Å². The van der Waals surface area contributed by atoms with Crippen molar-refractivity contribution >= 4 is 5.69 Å². The number of para-hydroxylation sites is 1. The van der Waals surface area contributed by atoms with Gasteiger partial charge in [0.05, 0.1) is 13.2 Å². The lowest BCUT2D eigenvalue weighted by Crippen LogP contribution is -2.24. The van der Waals surface area contributed by atoms with Gasteiger partial charge in [-0.05, 0) is 13.0 Å². The topological polar surface area (TPSA) is 39.7 Å². The van der Waals surface area contributed by atoms with Gasteiger partial charge < -0.3 is 19.5 Å². The van der Waals surface area contributed by atoms with Crippen LogP contribution in [0, 0.1) is 0 Å². The zero-order valence-electron chi connectivity index (χ0n) is 10.7. The first-order valence-corrected chi connectivity index (χ1v) is 5.77. The van der Waals surface area contributed by atoms with Crippen LogP contribution in [-0.2, 0) is 20.8 Å². The standard InChI is InChI=1S/C13H21NO3/c1-4-17-10-11-7-5-6-8-12(11)14-9-13(15-2)16-3/h5-8,13-14H,4,9-10H2,1-3H3. The fourth-order valence-electron chi connectivity index (χ4n) is 1.49. The molecule has 1 N–H and O–H groups in total. The lowest BCUT2D eigenvalue weighted by atomic mass is 10.2. The molecule has 96 valence electrons. The van der Waals surface area contributed by atoms with E-state index in [2.05, 4.69) is 5.32 Å². The lowest BCUT2D eigenvalue weighted by molar-refractivity contribution is -0.0914. The molecule has 0 aromatic heterocycles. The minimum atomic E-state index is -0.241. The molecule has 4 heteroatoms. The summed E-state index contributed by atoms with van der Waals surface area (Å²) >= 11 is 0. The number of ether oxygens (including phenoxy) is 3. The number of methoxy groups -OCH3 is 2. The van der Waals surface area contributed by atoms with Crippen molar-refractivity contribution in [2.75, 3.05) is 32.7 Å². The normalized spacial score (nSPS) is 10.8. The molecule has 1 aromatic carbocycles. The first-order chi connectivity index (χ1) is 8.31. The molecule has 0 saturated heterocycles. The largest absolute Gasteiger partial charge is 0.380 e. The van der Waals surface area contributed by atoms with Crippen molar-refractivity contribution < 1.29 is 14.2 Å². The highest BCUT2D eigenvalue weighted by molar-refractivity contribution is 5.50. The Morgan fingerprint density at radius 1 is 1.18 bits per heavy atom. The SMILES string of the molecule is CCOCc1ccccc1NCC(OC)OC. The van der Waals surface area contributed by atoms with Gasteiger partial charge in [-0.25, -0.2) is 0 Å². The monoisotopic (exact) mass is 239 g/mol. The summed E-state index contributed by atoms with van der Waals surface area (Å²) in [5, 5.41) is 3.29. The highest BCUT2D eigenvalue weighted by Crippen LogP contribution is 2.16. The zero-order valence-corrected chi connectivity index (χ0v) is 10.7. The maximum atomic E-state index is 5.42. The van der Waals surface area contributed by atoms with Crippen LogP contribution in [0.1, 0.15) is 12.5 Å². The van der Waals surface area contributed by atoms with Gasteiger partial charge in [0.1, 0.15) is 0 Å². The van der Waals surface area contributed by atoms with Crippen molar-refractivity contribution in [2.24, 2.45) is 0 Å². The Morgan fingerprint density at radius 3 is 2.53 bits per heavy atom. The second-order valence-electron chi connectivity index (χ2n) is 3.58. The van der Waals surface area contributed by atoms with Crippen LogP contribution < -0.4 is 5.32 Å². The van der Waals surface area contributed by atoms with Crippen LogP contribution in [-0.4, -0.2) is 33.7 Å². The second-order valence-corrected chi connectivity index (χ2v) is 3.58. The van der Waals surface area contributed by atoms with Gasteiger partial charge in [-0.3, -0.25) is 0 Å². The Hall–Kier alpha value is -1.10. The third-order valence-corrected chi connectivity index (χ3v) is 2.46. The van der Waals surface area contributed by atoms with Gasteiger partial charge in [0, 0.05) is 32.1 Å². The summed E-state index contributed by atoms with van der Waals surface area (Å²) in [5.41, 5.74) is 2.19. The molecule has 0 heterocycles. The van der Waals surface area contributed by atoms with E-state index in [0.29, 0.717) is 19.8 Å². The molecule has 0 radical (unpaired) electrons. The molecule has 0 spiro atoms. The first kappa shape index (κ1) is 14.0. The first-order valence-electron chi connectivity index (χ1n) is 5.77. The van der Waals surface area contributed by atoms with E-state index in [4.69, 9.17) is 14.2 Å². The molecule has 0 atom stereocenters. The van der Waals surface area contributed by atoms with Gasteiger partial charge in [-0.15, -0.1) is 0 Å². The molecule has 0 fully saturated rings. The highest BCUT2D eigenvalue weighted by Gasteiger charge is 2.06. The van der Waals surface area contributed by atoms with E-state index in [0.717, 1.165) is 11.3 Å². The van der Waals surface area contributed by atoms with E-state index in [9.17, 15) is 0 Å². The average molecular weight is 239 g/mol. The number of rotatable bonds is 8. The molecule has 0 aliphatic heterocycles. The van der Waals surface area contributed by atoms with Gasteiger partial charge in [-0.2, -0.15) is 0 Å². The van der Waals surface area contributed by atoms with E-state index in [1.807, 2.05) is 31.2 Å². The van der Waals surface area contributed by atoms with Crippen LogP contribution in [0.15, 0.2) is 24.3 Å². The summed E-state index contributed by atoms with van der Waals surface area (Å²) in [6, 6.07) is 8.07. The van der Waals surface area contributed by atoms with Crippen LogP contribution in [0.4, 0.5) is 5.69 Å². The molecule has 4 nitrogen and oxygen atoms in total. The Morgan fingerprint density at radius 2 is 1.88 bits per heavy atom. The summed E-state index contributed by atoms with van der Waals surface area (Å²) in [6.07, 6.45) is -0.241. The second kappa shape index (κ2) is 8.06. The van der Waals surface area contributed by atoms with Gasteiger partial charge in [0.15, 0.2) is 6.29 Å². The summed E-state index contributed by atoms with van der Waals surface area (Å²) in [6.45, 7) is 3.93. The molecule has 17 heavy (non-hydrogen) atoms. The predicted octanol–water partition coefficient (Wildman–Crippen LogP) is 2.25. The Kier molecular flexibility index (Phi) is 6.62. The summed E-state index contributed by atoms with van der Waals surface area (Å²) in [4.78, 5) is 0. The average Bonchev–Trinajstić information content (AvgIpc) is 2.38. The molecule has 0 aliphatic rings. The lowest BCUT2D eigenvalue weighted by Gasteiger charge is -2.17. The van der Waals surface area contributed by atoms with Crippen LogP contribution in [0.5, 0.6) is 0 Å². The number of nitrogens with one attached hydrogen (secondary N) is 1. The van der Waals surface area contributed by atoms with Crippen molar-refractivity contribution in [3.63, 3.8) is 0 Å². The minimum absolute atomic E-state index is 0.241. The van der Waals surface area contributed by atoms with E-state index in [1.165, 1.54) is 0 Å². The van der Waals surface area contributed by atoms with Crippen LogP contribution in [0.3, 0.4) is 0 Å². The summed E-state index contributed by atoms with van der Waals surface area (Å²) in [5.74, 6) is 0. The van der Waals surface area contributed by atoms with Crippen molar-refractivity contribution in [1.29, 1.82) is 0 Å². The molecular weight excluding hydrogens is 218 g/mol. The number of hydrogen-bond donors (Lipinski definition) is 1. The molecule has 0 bridgehead atoms. The van der Waals surface area contributed by atoms with Gasteiger partial charge in [-0.1, -0.05) is 18.2 Å². The third-order valence-electron chi connectivity index (χ3n) is 2.46.